The Balaban J connectivity index is 2.86. The first-order valence-electron chi connectivity index (χ1n) is 3.91. The Kier molecular flexibility index (Phi) is 3.06. The van der Waals surface area contributed by atoms with Crippen LogP contribution in [-0.4, -0.2) is 34.0 Å². The van der Waals surface area contributed by atoms with Gasteiger partial charge in [0.05, 0.1) is 6.61 Å². The lowest BCUT2D eigenvalue weighted by Gasteiger charge is -2.20. The van der Waals surface area contributed by atoms with E-state index in [9.17, 15) is 24.3 Å². The predicted molar refractivity (Wildman–Crippen MR) is 45.1 cm³/mol. The highest BCUT2D eigenvalue weighted by Crippen LogP contribution is 2.51. The Bertz CT molecular complexity index is 315. The quantitative estimate of drug-likeness (QED) is 0.524. The van der Waals surface area contributed by atoms with Gasteiger partial charge in [-0.2, -0.15) is 0 Å². The van der Waals surface area contributed by atoms with Gasteiger partial charge in [-0.25, -0.2) is 0 Å². The van der Waals surface area contributed by atoms with E-state index in [1.165, 1.54) is 6.92 Å². The van der Waals surface area contributed by atoms with Crippen LogP contribution in [0, 0.1) is 5.21 Å². The molecule has 80 valence electrons. The van der Waals surface area contributed by atoms with Crippen molar-refractivity contribution in [3.8, 4) is 0 Å². The number of rotatable bonds is 3. The highest BCUT2D eigenvalue weighted by molar-refractivity contribution is 7.54. The van der Waals surface area contributed by atoms with Crippen molar-refractivity contribution in [3.63, 3.8) is 0 Å². The Morgan fingerprint density at radius 1 is 1.71 bits per heavy atom. The molecule has 1 N–H and O–H groups in total. The number of amides is 2. The molecule has 1 rings (SSSR count). The maximum Gasteiger partial charge on any atom is 0.341 e. The van der Waals surface area contributed by atoms with Crippen molar-refractivity contribution in [1.82, 2.24) is 5.06 Å². The van der Waals surface area contributed by atoms with Gasteiger partial charge >= 0.3 is 7.60 Å². The van der Waals surface area contributed by atoms with Crippen LogP contribution in [0.5, 0.6) is 0 Å². The lowest BCUT2D eigenvalue weighted by Crippen LogP contribution is -2.26. The molecule has 1 saturated heterocycles. The molecule has 1 aliphatic heterocycles. The van der Waals surface area contributed by atoms with Gasteiger partial charge in [-0.1, -0.05) is 0 Å². The Labute approximate surface area is 79.8 Å². The molecule has 14 heavy (non-hydrogen) atoms. The number of hydrogen-bond acceptors (Lipinski definition) is 5. The highest BCUT2D eigenvalue weighted by atomic mass is 31.2. The second-order valence-corrected chi connectivity index (χ2v) is 4.74. The first kappa shape index (κ1) is 11.3. The SMILES string of the molecule is CCOP(=O)(O)C1CC(=O)N([O-])C1=O. The van der Waals surface area contributed by atoms with Crippen molar-refractivity contribution < 1.29 is 23.6 Å². The van der Waals surface area contributed by atoms with Crippen molar-refractivity contribution in [2.75, 3.05) is 6.61 Å². The maximum atomic E-state index is 11.3. The third kappa shape index (κ3) is 1.85. The average molecular weight is 222 g/mol. The van der Waals surface area contributed by atoms with E-state index in [2.05, 4.69) is 4.52 Å². The van der Waals surface area contributed by atoms with Crippen LogP contribution in [0.1, 0.15) is 13.3 Å². The predicted octanol–water partition coefficient (Wildman–Crippen LogP) is -0.166. The molecule has 0 aromatic heterocycles. The lowest BCUT2D eigenvalue weighted by molar-refractivity contribution is -0.135. The van der Waals surface area contributed by atoms with Crippen LogP contribution in [0.3, 0.4) is 0 Å². The van der Waals surface area contributed by atoms with E-state index >= 15 is 0 Å². The Morgan fingerprint density at radius 3 is 2.64 bits per heavy atom. The second kappa shape index (κ2) is 3.78. The van der Waals surface area contributed by atoms with Gasteiger partial charge in [-0.15, -0.1) is 0 Å². The summed E-state index contributed by atoms with van der Waals surface area (Å²) in [5.74, 6) is -2.21. The first-order valence-corrected chi connectivity index (χ1v) is 5.55. The van der Waals surface area contributed by atoms with Crippen LogP contribution in [0.2, 0.25) is 0 Å². The number of nitrogens with zero attached hydrogens (tertiary/aromatic N) is 1. The summed E-state index contributed by atoms with van der Waals surface area (Å²) in [5, 5.41) is 10.3. The van der Waals surface area contributed by atoms with Gasteiger partial charge in [0.15, 0.2) is 0 Å². The monoisotopic (exact) mass is 222 g/mol. The van der Waals surface area contributed by atoms with Gasteiger partial charge in [0.25, 0.3) is 0 Å². The van der Waals surface area contributed by atoms with E-state index in [-0.39, 0.29) is 6.61 Å². The summed E-state index contributed by atoms with van der Waals surface area (Å²) in [4.78, 5) is 31.0. The minimum atomic E-state index is -4.18. The summed E-state index contributed by atoms with van der Waals surface area (Å²) in [6, 6.07) is 0. The van der Waals surface area contributed by atoms with Gasteiger partial charge in [0.2, 0.25) is 11.8 Å². The van der Waals surface area contributed by atoms with Gasteiger partial charge in [0, 0.05) is 6.42 Å². The standard InChI is InChI=1S/C6H9NO6P/c1-2-13-14(11,12)4-3-5(8)7(10)6(4)9/h4H,2-3H2,1H3,(H,11,12)/q-1. The third-order valence-corrected chi connectivity index (χ3v) is 3.61. The lowest BCUT2D eigenvalue weighted by atomic mass is 10.4. The smallest absolute Gasteiger partial charge is 0.341 e. The average Bonchev–Trinajstić information content (AvgIpc) is 2.33. The molecule has 2 unspecified atom stereocenters. The number of hydroxylamine groups is 2. The summed E-state index contributed by atoms with van der Waals surface area (Å²) in [6.45, 7) is 1.41. The van der Waals surface area contributed by atoms with Gasteiger partial charge in [-0.3, -0.25) is 14.2 Å². The van der Waals surface area contributed by atoms with Gasteiger partial charge in [-0.05, 0) is 6.92 Å². The number of carbonyl (C=O) groups excluding carboxylic acids is 2. The summed E-state index contributed by atoms with van der Waals surface area (Å²) in [7, 11) is -4.18. The molecule has 1 aliphatic rings. The van der Waals surface area contributed by atoms with Crippen LogP contribution >= 0.6 is 7.60 Å². The molecule has 7 nitrogen and oxygen atoms in total. The molecule has 0 aromatic rings. The van der Waals surface area contributed by atoms with Crippen molar-refractivity contribution >= 4 is 19.4 Å². The van der Waals surface area contributed by atoms with Crippen LogP contribution in [0.4, 0.5) is 0 Å². The van der Waals surface area contributed by atoms with E-state index in [0.717, 1.165) is 0 Å². The van der Waals surface area contributed by atoms with Crippen LogP contribution in [0.15, 0.2) is 0 Å². The molecule has 8 heteroatoms. The first-order chi connectivity index (χ1) is 6.40. The third-order valence-electron chi connectivity index (χ3n) is 1.79. The van der Waals surface area contributed by atoms with E-state index in [4.69, 9.17) is 0 Å². The minimum absolute atomic E-state index is 0.0649. The fourth-order valence-corrected chi connectivity index (χ4v) is 2.44. The van der Waals surface area contributed by atoms with E-state index < -0.39 is 36.6 Å². The largest absolute Gasteiger partial charge is 0.750 e. The van der Waals surface area contributed by atoms with E-state index in [0.29, 0.717) is 0 Å². The molecule has 0 aromatic carbocycles. The normalized spacial score (nSPS) is 26.8. The Hall–Kier alpha value is -0.750. The highest BCUT2D eigenvalue weighted by Gasteiger charge is 2.46. The number of imide groups is 1. The number of carbonyl (C=O) groups is 2. The van der Waals surface area contributed by atoms with Gasteiger partial charge < -0.3 is 19.7 Å². The Morgan fingerprint density at radius 2 is 2.29 bits per heavy atom. The van der Waals surface area contributed by atoms with Crippen molar-refractivity contribution in [1.29, 1.82) is 0 Å². The second-order valence-electron chi connectivity index (χ2n) is 2.73. The fourth-order valence-electron chi connectivity index (χ4n) is 1.12. The topological polar surface area (TPSA) is 107 Å². The summed E-state index contributed by atoms with van der Waals surface area (Å²) in [6.07, 6.45) is -0.559. The molecular formula is C6H9NO6P-. The minimum Gasteiger partial charge on any atom is -0.750 e. The summed E-state index contributed by atoms with van der Waals surface area (Å²) < 4.78 is 15.8. The molecule has 0 spiro atoms. The fraction of sp³-hybridized carbons (Fsp3) is 0.667. The van der Waals surface area contributed by atoms with Crippen molar-refractivity contribution in [2.45, 2.75) is 19.0 Å². The van der Waals surface area contributed by atoms with E-state index in [1.54, 1.807) is 0 Å². The zero-order chi connectivity index (χ0) is 10.9. The number of hydrogen-bond donors (Lipinski definition) is 1. The van der Waals surface area contributed by atoms with Crippen LogP contribution < -0.4 is 0 Å². The van der Waals surface area contributed by atoms with Crippen molar-refractivity contribution in [3.05, 3.63) is 5.21 Å². The molecule has 0 radical (unpaired) electrons. The van der Waals surface area contributed by atoms with Crippen LogP contribution in [-0.2, 0) is 18.7 Å². The molecule has 0 saturated carbocycles. The summed E-state index contributed by atoms with van der Waals surface area (Å²) >= 11 is 0. The zero-order valence-electron chi connectivity index (χ0n) is 7.37. The molecule has 1 fully saturated rings. The molecule has 2 atom stereocenters. The zero-order valence-corrected chi connectivity index (χ0v) is 8.27. The maximum absolute atomic E-state index is 11.3. The van der Waals surface area contributed by atoms with Crippen LogP contribution in [0.25, 0.3) is 0 Å². The molecule has 0 aliphatic carbocycles. The summed E-state index contributed by atoms with van der Waals surface area (Å²) in [5.41, 5.74) is -1.53. The van der Waals surface area contributed by atoms with Gasteiger partial charge in [0.1, 0.15) is 5.66 Å². The molecule has 1 heterocycles. The van der Waals surface area contributed by atoms with E-state index in [1.807, 2.05) is 0 Å². The van der Waals surface area contributed by atoms with Crippen molar-refractivity contribution in [2.24, 2.45) is 0 Å². The molecule has 0 bridgehead atoms. The molecular weight excluding hydrogens is 213 g/mol. The molecule has 2 amide bonds.